The maximum atomic E-state index is 12.9. The lowest BCUT2D eigenvalue weighted by atomic mass is 10.1. The molecule has 0 spiro atoms. The molecule has 0 aliphatic carbocycles. The highest BCUT2D eigenvalue weighted by molar-refractivity contribution is 7.92. The summed E-state index contributed by atoms with van der Waals surface area (Å²) in [6.45, 7) is 0. The van der Waals surface area contributed by atoms with Crippen molar-refractivity contribution in [3.8, 4) is 22.3 Å². The van der Waals surface area contributed by atoms with Crippen LogP contribution in [0.2, 0.25) is 5.02 Å². The molecule has 3 aromatic carbocycles. The number of thiophene rings is 1. The van der Waals surface area contributed by atoms with E-state index in [1.165, 1.54) is 11.3 Å². The minimum Gasteiger partial charge on any atom is -0.278 e. The molecule has 0 bridgehead atoms. The largest absolute Gasteiger partial charge is 0.278 e. The van der Waals surface area contributed by atoms with E-state index in [2.05, 4.69) is 4.72 Å². The van der Waals surface area contributed by atoms with E-state index in [9.17, 15) is 8.42 Å². The number of anilines is 1. The van der Waals surface area contributed by atoms with E-state index in [1.54, 1.807) is 23.6 Å². The normalized spacial score (nSPS) is 11.3. The van der Waals surface area contributed by atoms with Crippen molar-refractivity contribution in [1.29, 1.82) is 0 Å². The molecule has 0 fully saturated rings. The fraction of sp³-hybridized carbons (Fsp3) is 0. The Hall–Kier alpha value is -2.60. The van der Waals surface area contributed by atoms with Crippen molar-refractivity contribution in [1.82, 2.24) is 0 Å². The summed E-state index contributed by atoms with van der Waals surface area (Å²) in [5.74, 6) is 0. The summed E-state index contributed by atoms with van der Waals surface area (Å²) in [4.78, 5) is 0.212. The molecular formula is C22H16ClNO2S2. The first-order chi connectivity index (χ1) is 13.5. The van der Waals surface area contributed by atoms with Gasteiger partial charge in [0.15, 0.2) is 0 Å². The molecule has 28 heavy (non-hydrogen) atoms. The van der Waals surface area contributed by atoms with Gasteiger partial charge in [-0.25, -0.2) is 8.42 Å². The number of hydrogen-bond acceptors (Lipinski definition) is 3. The Morgan fingerprint density at radius 1 is 0.714 bits per heavy atom. The predicted octanol–water partition coefficient (Wildman–Crippen LogP) is 6.54. The lowest BCUT2D eigenvalue weighted by Gasteiger charge is -2.11. The van der Waals surface area contributed by atoms with Gasteiger partial charge in [0.05, 0.1) is 10.6 Å². The third-order valence-electron chi connectivity index (χ3n) is 4.34. The third kappa shape index (κ3) is 3.83. The molecule has 0 saturated heterocycles. The van der Waals surface area contributed by atoms with Crippen LogP contribution in [0.4, 0.5) is 5.69 Å². The van der Waals surface area contributed by atoms with Gasteiger partial charge < -0.3 is 0 Å². The van der Waals surface area contributed by atoms with Crippen LogP contribution in [-0.2, 0) is 10.0 Å². The van der Waals surface area contributed by atoms with Crippen molar-refractivity contribution in [3.05, 3.63) is 94.6 Å². The average Bonchev–Trinajstić information content (AvgIpc) is 3.16. The fourth-order valence-electron chi connectivity index (χ4n) is 2.93. The molecule has 140 valence electrons. The van der Waals surface area contributed by atoms with E-state index < -0.39 is 10.0 Å². The average molecular weight is 426 g/mol. The van der Waals surface area contributed by atoms with Crippen molar-refractivity contribution < 1.29 is 8.42 Å². The molecule has 6 heteroatoms. The molecule has 1 N–H and O–H groups in total. The number of nitrogens with one attached hydrogen (secondary N) is 1. The number of rotatable bonds is 5. The Balaban J connectivity index is 1.63. The molecule has 4 aromatic rings. The van der Waals surface area contributed by atoms with E-state index in [-0.39, 0.29) is 4.90 Å². The summed E-state index contributed by atoms with van der Waals surface area (Å²) < 4.78 is 28.4. The van der Waals surface area contributed by atoms with Crippen LogP contribution in [0.5, 0.6) is 0 Å². The smallest absolute Gasteiger partial charge is 0.261 e. The van der Waals surface area contributed by atoms with Crippen LogP contribution in [0.25, 0.3) is 22.3 Å². The zero-order valence-corrected chi connectivity index (χ0v) is 17.1. The summed E-state index contributed by atoms with van der Waals surface area (Å²) in [6.07, 6.45) is 0. The maximum Gasteiger partial charge on any atom is 0.261 e. The van der Waals surface area contributed by atoms with Crippen molar-refractivity contribution in [2.24, 2.45) is 0 Å². The van der Waals surface area contributed by atoms with E-state index in [0.717, 1.165) is 22.3 Å². The monoisotopic (exact) mass is 425 g/mol. The van der Waals surface area contributed by atoms with Gasteiger partial charge in [0.25, 0.3) is 10.0 Å². The molecule has 1 aromatic heterocycles. The molecule has 0 radical (unpaired) electrons. The van der Waals surface area contributed by atoms with E-state index in [0.29, 0.717) is 10.7 Å². The lowest BCUT2D eigenvalue weighted by Crippen LogP contribution is -2.12. The first-order valence-electron chi connectivity index (χ1n) is 8.54. The van der Waals surface area contributed by atoms with Crippen molar-refractivity contribution in [3.63, 3.8) is 0 Å². The Kier molecular flexibility index (Phi) is 5.22. The summed E-state index contributed by atoms with van der Waals surface area (Å²) in [5, 5.41) is 4.24. The summed E-state index contributed by atoms with van der Waals surface area (Å²) in [5.41, 5.74) is 4.08. The van der Waals surface area contributed by atoms with Crippen molar-refractivity contribution in [2.45, 2.75) is 4.90 Å². The zero-order chi connectivity index (χ0) is 19.6. The summed E-state index contributed by atoms with van der Waals surface area (Å²) in [6, 6.07) is 24.1. The second-order valence-corrected chi connectivity index (χ2v) is 9.01. The van der Waals surface area contributed by atoms with Gasteiger partial charge in [0.1, 0.15) is 0 Å². The second kappa shape index (κ2) is 7.80. The zero-order valence-electron chi connectivity index (χ0n) is 14.7. The van der Waals surface area contributed by atoms with E-state index in [1.807, 2.05) is 66.0 Å². The third-order valence-corrected chi connectivity index (χ3v) is 6.80. The molecule has 0 saturated carbocycles. The number of benzene rings is 3. The maximum absolute atomic E-state index is 12.9. The predicted molar refractivity (Wildman–Crippen MR) is 117 cm³/mol. The van der Waals surface area contributed by atoms with Gasteiger partial charge in [-0.15, -0.1) is 11.3 Å². The quantitative estimate of drug-likeness (QED) is 0.394. The molecule has 3 nitrogen and oxygen atoms in total. The van der Waals surface area contributed by atoms with E-state index >= 15 is 0 Å². The van der Waals surface area contributed by atoms with Crippen LogP contribution in [0.3, 0.4) is 0 Å². The Labute approximate surface area is 173 Å². The molecule has 1 heterocycles. The standard InChI is InChI=1S/C22H16ClNO2S2/c23-21-9-5-4-8-19(21)20-14-27-15-22(20)24-28(25,26)18-12-10-17(11-13-18)16-6-2-1-3-7-16/h1-15,24H. The highest BCUT2D eigenvalue weighted by Crippen LogP contribution is 2.37. The van der Waals surface area contributed by atoms with Crippen LogP contribution in [0, 0.1) is 0 Å². The van der Waals surface area contributed by atoms with Gasteiger partial charge in [-0.05, 0) is 29.3 Å². The van der Waals surface area contributed by atoms with Gasteiger partial charge in [-0.2, -0.15) is 0 Å². The lowest BCUT2D eigenvalue weighted by molar-refractivity contribution is 0.601. The summed E-state index contributed by atoms with van der Waals surface area (Å²) in [7, 11) is -3.71. The SMILES string of the molecule is O=S(=O)(Nc1cscc1-c1ccccc1Cl)c1ccc(-c2ccccc2)cc1. The molecule has 4 rings (SSSR count). The Morgan fingerprint density at radius 3 is 2.07 bits per heavy atom. The van der Waals surface area contributed by atoms with Gasteiger partial charge >= 0.3 is 0 Å². The highest BCUT2D eigenvalue weighted by atomic mass is 35.5. The number of hydrogen-bond donors (Lipinski definition) is 1. The topological polar surface area (TPSA) is 46.2 Å². The Morgan fingerprint density at radius 2 is 1.36 bits per heavy atom. The second-order valence-electron chi connectivity index (χ2n) is 6.17. The van der Waals surface area contributed by atoms with Crippen molar-refractivity contribution >= 4 is 38.6 Å². The molecule has 0 aliphatic heterocycles. The first-order valence-corrected chi connectivity index (χ1v) is 11.3. The summed E-state index contributed by atoms with van der Waals surface area (Å²) >= 11 is 7.70. The highest BCUT2D eigenvalue weighted by Gasteiger charge is 2.18. The molecule has 0 unspecified atom stereocenters. The molecule has 0 aliphatic rings. The van der Waals surface area contributed by atoms with Crippen LogP contribution in [0.1, 0.15) is 0 Å². The molecule has 0 amide bonds. The van der Waals surface area contributed by atoms with Gasteiger partial charge in [0, 0.05) is 26.9 Å². The van der Waals surface area contributed by atoms with Gasteiger partial charge in [-0.3, -0.25) is 4.72 Å². The number of sulfonamides is 1. The van der Waals surface area contributed by atoms with Gasteiger partial charge in [-0.1, -0.05) is 72.3 Å². The van der Waals surface area contributed by atoms with Crippen LogP contribution >= 0.6 is 22.9 Å². The van der Waals surface area contributed by atoms with Crippen LogP contribution in [0.15, 0.2) is 94.5 Å². The minimum atomic E-state index is -3.71. The molecule has 0 atom stereocenters. The van der Waals surface area contributed by atoms with E-state index in [4.69, 9.17) is 11.6 Å². The van der Waals surface area contributed by atoms with Crippen molar-refractivity contribution in [2.75, 3.05) is 4.72 Å². The first kappa shape index (κ1) is 18.7. The fourth-order valence-corrected chi connectivity index (χ4v) is 5.09. The van der Waals surface area contributed by atoms with Gasteiger partial charge in [0.2, 0.25) is 0 Å². The minimum absolute atomic E-state index is 0.212. The van der Waals surface area contributed by atoms with Crippen LogP contribution in [-0.4, -0.2) is 8.42 Å². The molecular weight excluding hydrogens is 410 g/mol. The van der Waals surface area contributed by atoms with Crippen LogP contribution < -0.4 is 4.72 Å². The number of halogens is 1. The Bertz CT molecular complexity index is 1200.